The number of methoxy groups -OCH3 is 1. The molecule has 2 aromatic heterocycles. The number of carbonyl (C=O) groups is 1. The summed E-state index contributed by atoms with van der Waals surface area (Å²) in [5.74, 6) is -2.00. The Morgan fingerprint density at radius 1 is 1.07 bits per heavy atom. The van der Waals surface area contributed by atoms with Crippen LogP contribution in [0.4, 0.5) is 14.5 Å². The van der Waals surface area contributed by atoms with E-state index in [1.54, 1.807) is 18.2 Å². The summed E-state index contributed by atoms with van der Waals surface area (Å²) in [5.41, 5.74) is 0.485. The predicted octanol–water partition coefficient (Wildman–Crippen LogP) is 4.73. The Hall–Kier alpha value is -4.55. The highest BCUT2D eigenvalue weighted by molar-refractivity contribution is 6.06. The van der Waals surface area contributed by atoms with Gasteiger partial charge in [0.1, 0.15) is 24.2 Å². The van der Waals surface area contributed by atoms with Gasteiger partial charge in [-0.2, -0.15) is 0 Å². The molecule has 0 aliphatic carbocycles. The highest BCUT2D eigenvalue weighted by Gasteiger charge is 2.22. The number of carbonyl (C=O) groups excluding carboxylic acids is 1. The minimum Gasteiger partial charge on any atom is -0.493 e. The molecule has 12 heteroatoms. The fourth-order valence-electron chi connectivity index (χ4n) is 4.23. The van der Waals surface area contributed by atoms with Gasteiger partial charge in [-0.25, -0.2) is 8.78 Å². The van der Waals surface area contributed by atoms with Crippen LogP contribution in [0.5, 0.6) is 28.7 Å². The number of rotatable bonds is 11. The molecule has 2 aromatic carbocycles. The smallest absolute Gasteiger partial charge is 0.261 e. The number of anilines is 1. The number of halogens is 2. The van der Waals surface area contributed by atoms with E-state index in [0.29, 0.717) is 60.9 Å². The monoisotopic (exact) mass is 566 g/mol. The number of pyridine rings is 2. The number of benzene rings is 2. The summed E-state index contributed by atoms with van der Waals surface area (Å²) in [6, 6.07) is 8.26. The molecule has 0 saturated carbocycles. The molecule has 1 fully saturated rings. The van der Waals surface area contributed by atoms with Gasteiger partial charge in [0, 0.05) is 60.8 Å². The Morgan fingerprint density at radius 2 is 1.88 bits per heavy atom. The first-order chi connectivity index (χ1) is 20.0. The van der Waals surface area contributed by atoms with E-state index in [-0.39, 0.29) is 23.1 Å². The van der Waals surface area contributed by atoms with Crippen LogP contribution in [0.1, 0.15) is 16.8 Å². The fraction of sp³-hybridized carbons (Fsp3) is 0.276. The molecular weight excluding hydrogens is 538 g/mol. The normalized spacial score (nSPS) is 14.6. The lowest BCUT2D eigenvalue weighted by atomic mass is 10.1. The molecule has 0 unspecified atom stereocenters. The van der Waals surface area contributed by atoms with Crippen LogP contribution >= 0.6 is 0 Å². The standard InChI is InChI=1S/C29H28F2N4O6/c1-32-8-10-39-27-14-23-19(13-26(27)37-2)24(4-7-34-23)41-28-21(30)11-17(12-22(28)31)35-29(36)20-15-33-6-3-25(20)40-18-5-9-38-16-18/h3-4,6-7,11-15,18,32H,5,8-10,16H2,1-2H3,(H,35,36)/t18-/m1/s1. The third kappa shape index (κ3) is 6.44. The van der Waals surface area contributed by atoms with Crippen molar-refractivity contribution in [3.8, 4) is 28.7 Å². The molecule has 3 heterocycles. The van der Waals surface area contributed by atoms with E-state index in [2.05, 4.69) is 20.6 Å². The largest absolute Gasteiger partial charge is 0.493 e. The minimum absolute atomic E-state index is 0.110. The molecule has 5 rings (SSSR count). The number of likely N-dealkylation sites (N-methyl/N-ethyl adjacent to an activating group) is 1. The van der Waals surface area contributed by atoms with Crippen LogP contribution in [-0.4, -0.2) is 62.5 Å². The SMILES string of the molecule is CNCCOc1cc2nccc(Oc3c(F)cc(NC(=O)c4cnccc4O[C@@H]4CCOC4)cc3F)c2cc1OC. The zero-order chi connectivity index (χ0) is 28.8. The Balaban J connectivity index is 1.36. The third-order valence-electron chi connectivity index (χ3n) is 6.27. The average Bonchev–Trinajstić information content (AvgIpc) is 3.48. The van der Waals surface area contributed by atoms with Crippen molar-refractivity contribution in [2.24, 2.45) is 0 Å². The van der Waals surface area contributed by atoms with E-state index in [1.807, 2.05) is 7.05 Å². The average molecular weight is 567 g/mol. The van der Waals surface area contributed by atoms with Gasteiger partial charge in [-0.15, -0.1) is 0 Å². The second kappa shape index (κ2) is 12.7. The second-order valence-electron chi connectivity index (χ2n) is 9.08. The number of ether oxygens (including phenoxy) is 5. The van der Waals surface area contributed by atoms with Crippen LogP contribution in [0.2, 0.25) is 0 Å². The lowest BCUT2D eigenvalue weighted by Crippen LogP contribution is -2.20. The molecule has 10 nitrogen and oxygen atoms in total. The van der Waals surface area contributed by atoms with Gasteiger partial charge >= 0.3 is 0 Å². The molecule has 4 aromatic rings. The Morgan fingerprint density at radius 3 is 2.61 bits per heavy atom. The predicted molar refractivity (Wildman–Crippen MR) is 146 cm³/mol. The van der Waals surface area contributed by atoms with Gasteiger partial charge in [-0.1, -0.05) is 0 Å². The summed E-state index contributed by atoms with van der Waals surface area (Å²) in [5, 5.41) is 5.94. The summed E-state index contributed by atoms with van der Waals surface area (Å²) in [6.45, 7) is 2.00. The first-order valence-corrected chi connectivity index (χ1v) is 12.9. The second-order valence-corrected chi connectivity index (χ2v) is 9.08. The zero-order valence-corrected chi connectivity index (χ0v) is 22.4. The molecule has 41 heavy (non-hydrogen) atoms. The molecule has 214 valence electrons. The Kier molecular flexibility index (Phi) is 8.70. The molecule has 0 radical (unpaired) electrons. The summed E-state index contributed by atoms with van der Waals surface area (Å²) in [7, 11) is 3.30. The van der Waals surface area contributed by atoms with Gasteiger partial charge in [0.05, 0.1) is 31.4 Å². The molecule has 1 aliphatic heterocycles. The number of amides is 1. The van der Waals surface area contributed by atoms with Gasteiger partial charge in [0.2, 0.25) is 0 Å². The molecule has 0 bridgehead atoms. The van der Waals surface area contributed by atoms with Crippen molar-refractivity contribution < 1.29 is 37.3 Å². The van der Waals surface area contributed by atoms with Crippen molar-refractivity contribution in [2.45, 2.75) is 12.5 Å². The maximum Gasteiger partial charge on any atom is 0.261 e. The van der Waals surface area contributed by atoms with Crippen molar-refractivity contribution >= 4 is 22.5 Å². The van der Waals surface area contributed by atoms with Crippen LogP contribution in [0.25, 0.3) is 10.9 Å². The molecule has 1 saturated heterocycles. The molecule has 1 aliphatic rings. The summed E-state index contributed by atoms with van der Waals surface area (Å²) >= 11 is 0. The number of fused-ring (bicyclic) bond motifs is 1. The number of aromatic nitrogens is 2. The van der Waals surface area contributed by atoms with E-state index in [1.165, 1.54) is 31.8 Å². The summed E-state index contributed by atoms with van der Waals surface area (Å²) < 4.78 is 58.3. The maximum atomic E-state index is 15.1. The maximum absolute atomic E-state index is 15.1. The summed E-state index contributed by atoms with van der Waals surface area (Å²) in [6.07, 6.45) is 4.76. The van der Waals surface area contributed by atoms with Crippen molar-refractivity contribution in [1.29, 1.82) is 0 Å². The van der Waals surface area contributed by atoms with Crippen LogP contribution < -0.4 is 29.6 Å². The minimum atomic E-state index is -1.02. The van der Waals surface area contributed by atoms with E-state index in [9.17, 15) is 4.79 Å². The van der Waals surface area contributed by atoms with Crippen molar-refractivity contribution in [2.75, 3.05) is 45.8 Å². The van der Waals surface area contributed by atoms with E-state index < -0.39 is 23.3 Å². The van der Waals surface area contributed by atoms with Crippen molar-refractivity contribution in [1.82, 2.24) is 15.3 Å². The van der Waals surface area contributed by atoms with Crippen molar-refractivity contribution in [3.63, 3.8) is 0 Å². The lowest BCUT2D eigenvalue weighted by molar-refractivity contribution is 0.101. The zero-order valence-electron chi connectivity index (χ0n) is 22.4. The number of hydrogen-bond donors (Lipinski definition) is 2. The van der Waals surface area contributed by atoms with Gasteiger partial charge in [0.25, 0.3) is 5.91 Å². The van der Waals surface area contributed by atoms with Crippen LogP contribution in [0.15, 0.2) is 55.0 Å². The summed E-state index contributed by atoms with van der Waals surface area (Å²) in [4.78, 5) is 21.2. The first-order valence-electron chi connectivity index (χ1n) is 12.9. The molecular formula is C29H28F2N4O6. The highest BCUT2D eigenvalue weighted by Crippen LogP contribution is 2.38. The Labute approximate surface area is 234 Å². The van der Waals surface area contributed by atoms with E-state index in [0.717, 1.165) is 12.1 Å². The van der Waals surface area contributed by atoms with Gasteiger partial charge < -0.3 is 34.3 Å². The van der Waals surface area contributed by atoms with Gasteiger partial charge in [-0.3, -0.25) is 14.8 Å². The molecule has 0 spiro atoms. The Bertz CT molecular complexity index is 1520. The lowest BCUT2D eigenvalue weighted by Gasteiger charge is -2.16. The quantitative estimate of drug-likeness (QED) is 0.249. The topological polar surface area (TPSA) is 113 Å². The number of nitrogens with one attached hydrogen (secondary N) is 2. The van der Waals surface area contributed by atoms with Gasteiger partial charge in [0.15, 0.2) is 28.9 Å². The molecule has 1 amide bonds. The van der Waals surface area contributed by atoms with E-state index in [4.69, 9.17) is 23.7 Å². The van der Waals surface area contributed by atoms with Crippen LogP contribution in [-0.2, 0) is 4.74 Å². The third-order valence-corrected chi connectivity index (χ3v) is 6.27. The van der Waals surface area contributed by atoms with Crippen LogP contribution in [0.3, 0.4) is 0 Å². The van der Waals surface area contributed by atoms with Crippen LogP contribution in [0, 0.1) is 11.6 Å². The first kappa shape index (κ1) is 28.0. The highest BCUT2D eigenvalue weighted by atomic mass is 19.1. The van der Waals surface area contributed by atoms with Gasteiger partial charge in [-0.05, 0) is 25.2 Å². The number of nitrogens with zero attached hydrogens (tertiary/aromatic N) is 2. The fourth-order valence-corrected chi connectivity index (χ4v) is 4.23. The van der Waals surface area contributed by atoms with E-state index >= 15 is 8.78 Å². The molecule has 2 N–H and O–H groups in total. The van der Waals surface area contributed by atoms with Crippen molar-refractivity contribution in [3.05, 3.63) is 72.2 Å². The number of hydrogen-bond acceptors (Lipinski definition) is 9. The molecule has 1 atom stereocenters.